The molecule has 3 aromatic rings. The molecule has 1 unspecified atom stereocenters. The maximum absolute atomic E-state index is 13.0. The number of hydrogen-bond donors (Lipinski definition) is 1. The zero-order chi connectivity index (χ0) is 21.8. The third-order valence-corrected chi connectivity index (χ3v) is 5.05. The number of ketones is 1. The van der Waals surface area contributed by atoms with E-state index < -0.39 is 17.7 Å². The third-order valence-electron chi connectivity index (χ3n) is 5.05. The topological polar surface area (TPSA) is 92.9 Å². The third kappa shape index (κ3) is 4.07. The van der Waals surface area contributed by atoms with Gasteiger partial charge in [-0.1, -0.05) is 19.1 Å². The van der Waals surface area contributed by atoms with Crippen LogP contribution in [0.4, 0.5) is 0 Å². The van der Waals surface area contributed by atoms with Crippen LogP contribution in [0.2, 0.25) is 0 Å². The number of hydrogen-bond acceptors (Lipinski definition) is 6. The number of ether oxygens (including phenoxy) is 1. The minimum absolute atomic E-state index is 0.0235. The lowest BCUT2D eigenvalue weighted by Gasteiger charge is -2.24. The Hall–Kier alpha value is -3.87. The smallest absolute Gasteiger partial charge is 0.296 e. The van der Waals surface area contributed by atoms with Gasteiger partial charge in [-0.25, -0.2) is 0 Å². The van der Waals surface area contributed by atoms with Crippen LogP contribution in [-0.4, -0.2) is 33.3 Å². The van der Waals surface area contributed by atoms with Crippen LogP contribution in [0, 0.1) is 0 Å². The number of likely N-dealkylation sites (tertiary alicyclic amines) is 1. The van der Waals surface area contributed by atoms with Gasteiger partial charge in [0.05, 0.1) is 31.0 Å². The number of benzene rings is 1. The Morgan fingerprint density at radius 2 is 1.97 bits per heavy atom. The first-order valence-electron chi connectivity index (χ1n) is 10.0. The second-order valence-electron chi connectivity index (χ2n) is 7.16. The summed E-state index contributed by atoms with van der Waals surface area (Å²) in [5.41, 5.74) is 1.10. The Morgan fingerprint density at radius 1 is 1.16 bits per heavy atom. The van der Waals surface area contributed by atoms with Gasteiger partial charge in [0.1, 0.15) is 17.3 Å². The number of carbonyl (C=O) groups excluding carboxylic acids is 2. The Kier molecular flexibility index (Phi) is 5.84. The van der Waals surface area contributed by atoms with Gasteiger partial charge in [-0.05, 0) is 48.4 Å². The quantitative estimate of drug-likeness (QED) is 0.353. The summed E-state index contributed by atoms with van der Waals surface area (Å²) in [5, 5.41) is 11.1. The lowest BCUT2D eigenvalue weighted by molar-refractivity contribution is -0.140. The van der Waals surface area contributed by atoms with E-state index in [-0.39, 0.29) is 17.9 Å². The van der Waals surface area contributed by atoms with Crippen molar-refractivity contribution in [3.8, 4) is 5.75 Å². The van der Waals surface area contributed by atoms with Crippen LogP contribution in [-0.2, 0) is 16.1 Å². The summed E-state index contributed by atoms with van der Waals surface area (Å²) in [5.74, 6) is -0.569. The molecule has 1 aliphatic heterocycles. The fourth-order valence-corrected chi connectivity index (χ4v) is 3.61. The van der Waals surface area contributed by atoms with Crippen molar-refractivity contribution in [1.82, 2.24) is 9.88 Å². The summed E-state index contributed by atoms with van der Waals surface area (Å²) in [7, 11) is 0. The number of aromatic nitrogens is 1. The average Bonchev–Trinajstić information content (AvgIpc) is 3.40. The second kappa shape index (κ2) is 8.87. The second-order valence-corrected chi connectivity index (χ2v) is 7.16. The van der Waals surface area contributed by atoms with Crippen molar-refractivity contribution in [1.29, 1.82) is 0 Å². The predicted octanol–water partition coefficient (Wildman–Crippen LogP) is 4.09. The molecule has 7 nitrogen and oxygen atoms in total. The fourth-order valence-electron chi connectivity index (χ4n) is 3.61. The van der Waals surface area contributed by atoms with E-state index in [4.69, 9.17) is 9.15 Å². The van der Waals surface area contributed by atoms with Gasteiger partial charge in [0.25, 0.3) is 11.7 Å². The number of pyridine rings is 1. The summed E-state index contributed by atoms with van der Waals surface area (Å²) >= 11 is 0. The Bertz CT molecular complexity index is 1110. The molecular formula is C24H22N2O5. The SMILES string of the molecule is CCCOc1cccc(C(O)=C2C(=O)C(=O)N(Cc3ccco3)C2c2ccncc2)c1. The largest absolute Gasteiger partial charge is 0.507 e. The number of furan rings is 1. The maximum atomic E-state index is 13.0. The van der Waals surface area contributed by atoms with Gasteiger partial charge < -0.3 is 19.2 Å². The zero-order valence-electron chi connectivity index (χ0n) is 17.0. The minimum Gasteiger partial charge on any atom is -0.507 e. The van der Waals surface area contributed by atoms with Gasteiger partial charge in [0, 0.05) is 18.0 Å². The molecule has 31 heavy (non-hydrogen) atoms. The molecule has 0 spiro atoms. The number of aliphatic hydroxyl groups is 1. The van der Waals surface area contributed by atoms with E-state index in [1.807, 2.05) is 6.92 Å². The number of aliphatic hydroxyl groups excluding tert-OH is 1. The van der Waals surface area contributed by atoms with Gasteiger partial charge in [0.15, 0.2) is 0 Å². The standard InChI is InChI=1S/C24H22N2O5/c1-2-12-30-18-6-3-5-17(14-18)22(27)20-21(16-8-10-25-11-9-16)26(24(29)23(20)28)15-19-7-4-13-31-19/h3-11,13-14,21,27H,2,12,15H2,1H3. The van der Waals surface area contributed by atoms with Crippen molar-refractivity contribution in [2.45, 2.75) is 25.9 Å². The fraction of sp³-hybridized carbons (Fsp3) is 0.208. The summed E-state index contributed by atoms with van der Waals surface area (Å²) in [4.78, 5) is 31.4. The number of rotatable bonds is 7. The van der Waals surface area contributed by atoms with E-state index in [0.29, 0.717) is 29.2 Å². The first-order valence-corrected chi connectivity index (χ1v) is 10.0. The van der Waals surface area contributed by atoms with E-state index in [9.17, 15) is 14.7 Å². The lowest BCUT2D eigenvalue weighted by Crippen LogP contribution is -2.29. The Morgan fingerprint density at radius 3 is 2.68 bits per heavy atom. The van der Waals surface area contributed by atoms with Crippen molar-refractivity contribution < 1.29 is 23.8 Å². The number of amides is 1. The van der Waals surface area contributed by atoms with Crippen molar-refractivity contribution >= 4 is 17.4 Å². The lowest BCUT2D eigenvalue weighted by atomic mass is 9.96. The molecule has 2 aromatic heterocycles. The molecule has 0 saturated carbocycles. The van der Waals surface area contributed by atoms with Gasteiger partial charge >= 0.3 is 0 Å². The highest BCUT2D eigenvalue weighted by atomic mass is 16.5. The number of Topliss-reactive ketones (excluding diaryl/α,β-unsaturated/α-hetero) is 1. The highest BCUT2D eigenvalue weighted by Gasteiger charge is 2.46. The molecule has 1 fully saturated rings. The molecular weight excluding hydrogens is 396 g/mol. The van der Waals surface area contributed by atoms with Crippen LogP contribution in [0.15, 0.2) is 77.2 Å². The van der Waals surface area contributed by atoms with Gasteiger partial charge in [-0.2, -0.15) is 0 Å². The number of carbonyl (C=O) groups is 2. The van der Waals surface area contributed by atoms with Crippen LogP contribution < -0.4 is 4.74 Å². The molecule has 1 aliphatic rings. The van der Waals surface area contributed by atoms with Gasteiger partial charge in [0.2, 0.25) is 0 Å². The normalized spacial score (nSPS) is 17.8. The van der Waals surface area contributed by atoms with E-state index in [1.165, 1.54) is 11.2 Å². The summed E-state index contributed by atoms with van der Waals surface area (Å²) in [6.45, 7) is 2.63. The van der Waals surface area contributed by atoms with Crippen molar-refractivity contribution in [2.24, 2.45) is 0 Å². The van der Waals surface area contributed by atoms with Crippen LogP contribution in [0.25, 0.3) is 5.76 Å². The summed E-state index contributed by atoms with van der Waals surface area (Å²) < 4.78 is 11.0. The average molecular weight is 418 g/mol. The minimum atomic E-state index is -0.770. The predicted molar refractivity (Wildman–Crippen MR) is 113 cm³/mol. The van der Waals surface area contributed by atoms with Crippen molar-refractivity contribution in [3.05, 3.63) is 89.6 Å². The summed E-state index contributed by atoms with van der Waals surface area (Å²) in [6, 6.07) is 13.0. The molecule has 4 rings (SSSR count). The molecule has 0 aliphatic carbocycles. The first kappa shape index (κ1) is 20.4. The van der Waals surface area contributed by atoms with E-state index in [0.717, 1.165) is 6.42 Å². The van der Waals surface area contributed by atoms with Crippen LogP contribution in [0.1, 0.15) is 36.3 Å². The molecule has 1 aromatic carbocycles. The van der Waals surface area contributed by atoms with E-state index in [2.05, 4.69) is 4.98 Å². The molecule has 1 saturated heterocycles. The summed E-state index contributed by atoms with van der Waals surface area (Å²) in [6.07, 6.45) is 5.52. The van der Waals surface area contributed by atoms with E-state index in [1.54, 1.807) is 60.9 Å². The molecule has 7 heteroatoms. The highest BCUT2D eigenvalue weighted by molar-refractivity contribution is 6.46. The monoisotopic (exact) mass is 418 g/mol. The van der Waals surface area contributed by atoms with E-state index >= 15 is 0 Å². The highest BCUT2D eigenvalue weighted by Crippen LogP contribution is 2.40. The molecule has 3 heterocycles. The Balaban J connectivity index is 1.80. The van der Waals surface area contributed by atoms with Crippen LogP contribution >= 0.6 is 0 Å². The maximum Gasteiger partial charge on any atom is 0.296 e. The van der Waals surface area contributed by atoms with Crippen LogP contribution in [0.3, 0.4) is 0 Å². The van der Waals surface area contributed by atoms with Crippen LogP contribution in [0.5, 0.6) is 5.75 Å². The molecule has 0 radical (unpaired) electrons. The molecule has 0 bridgehead atoms. The molecule has 158 valence electrons. The van der Waals surface area contributed by atoms with Gasteiger partial charge in [-0.15, -0.1) is 0 Å². The zero-order valence-corrected chi connectivity index (χ0v) is 17.0. The van der Waals surface area contributed by atoms with Crippen molar-refractivity contribution in [2.75, 3.05) is 6.61 Å². The first-order chi connectivity index (χ1) is 15.1. The van der Waals surface area contributed by atoms with Gasteiger partial charge in [-0.3, -0.25) is 14.6 Å². The molecule has 1 amide bonds. The number of nitrogens with zero attached hydrogens (tertiary/aromatic N) is 2. The Labute approximate surface area is 179 Å². The van der Waals surface area contributed by atoms with Crippen molar-refractivity contribution in [3.63, 3.8) is 0 Å². The molecule has 1 atom stereocenters. The molecule has 1 N–H and O–H groups in total.